The van der Waals surface area contributed by atoms with Crippen LogP contribution in [0.2, 0.25) is 15.1 Å². The number of hydrogen-bond donors (Lipinski definition) is 0. The molecule has 1 aromatic carbocycles. The summed E-state index contributed by atoms with van der Waals surface area (Å²) in [5.41, 5.74) is 1.22. The van der Waals surface area contributed by atoms with E-state index in [4.69, 9.17) is 34.8 Å². The summed E-state index contributed by atoms with van der Waals surface area (Å²) in [6.45, 7) is 3.85. The van der Waals surface area contributed by atoms with E-state index in [1.54, 1.807) is 18.2 Å². The Labute approximate surface area is 110 Å². The third kappa shape index (κ3) is 3.00. The van der Waals surface area contributed by atoms with E-state index in [1.165, 1.54) is 0 Å². The zero-order valence-corrected chi connectivity index (χ0v) is 11.2. The Kier molecular flexibility index (Phi) is 4.85. The van der Waals surface area contributed by atoms with Crippen LogP contribution in [0.25, 0.3) is 6.08 Å². The van der Waals surface area contributed by atoms with Crippen LogP contribution in [0, 0.1) is 5.92 Å². The van der Waals surface area contributed by atoms with Crippen LogP contribution in [-0.4, -0.2) is 6.29 Å². The Morgan fingerprint density at radius 1 is 1.19 bits per heavy atom. The van der Waals surface area contributed by atoms with Crippen molar-refractivity contribution < 1.29 is 4.79 Å². The molecule has 16 heavy (non-hydrogen) atoms. The molecule has 0 amide bonds. The minimum atomic E-state index is 0.114. The molecule has 0 saturated carbocycles. The van der Waals surface area contributed by atoms with Gasteiger partial charge in [0.05, 0.1) is 10.0 Å². The standard InChI is InChI=1S/C12H11Cl3O/c1-7(2)8(6-16)5-9-10(13)3-4-11(14)12(9)15/h3-7H,1-2H3/b8-5+. The molecule has 0 saturated heterocycles. The maximum absolute atomic E-state index is 10.9. The van der Waals surface area contributed by atoms with Crippen molar-refractivity contribution in [3.05, 3.63) is 38.3 Å². The molecule has 0 N–H and O–H groups in total. The van der Waals surface area contributed by atoms with E-state index in [9.17, 15) is 4.79 Å². The van der Waals surface area contributed by atoms with Gasteiger partial charge in [-0.15, -0.1) is 0 Å². The SMILES string of the molecule is CC(C)/C(C=O)=C/c1c(Cl)ccc(Cl)c1Cl. The Morgan fingerprint density at radius 2 is 1.75 bits per heavy atom. The molecule has 0 heterocycles. The second-order valence-corrected chi connectivity index (χ2v) is 4.87. The second kappa shape index (κ2) is 5.72. The van der Waals surface area contributed by atoms with Gasteiger partial charge >= 0.3 is 0 Å². The molecule has 4 heteroatoms. The zero-order chi connectivity index (χ0) is 12.3. The summed E-state index contributed by atoms with van der Waals surface area (Å²) in [4.78, 5) is 10.9. The maximum atomic E-state index is 10.9. The number of carbonyl (C=O) groups excluding carboxylic acids is 1. The van der Waals surface area contributed by atoms with Crippen molar-refractivity contribution in [1.29, 1.82) is 0 Å². The second-order valence-electron chi connectivity index (χ2n) is 3.67. The van der Waals surface area contributed by atoms with Gasteiger partial charge in [0.2, 0.25) is 0 Å². The van der Waals surface area contributed by atoms with Gasteiger partial charge in [0.25, 0.3) is 0 Å². The molecule has 0 fully saturated rings. The fourth-order valence-electron chi connectivity index (χ4n) is 1.18. The molecule has 1 rings (SSSR count). The lowest BCUT2D eigenvalue weighted by Gasteiger charge is -2.07. The predicted molar refractivity (Wildman–Crippen MR) is 70.4 cm³/mol. The Morgan fingerprint density at radius 3 is 2.25 bits per heavy atom. The predicted octanol–water partition coefficient (Wildman–Crippen LogP) is 4.89. The lowest BCUT2D eigenvalue weighted by atomic mass is 10.0. The van der Waals surface area contributed by atoms with Gasteiger partial charge in [-0.1, -0.05) is 48.7 Å². The van der Waals surface area contributed by atoms with Crippen molar-refractivity contribution in [3.63, 3.8) is 0 Å². The van der Waals surface area contributed by atoms with E-state index < -0.39 is 0 Å². The largest absolute Gasteiger partial charge is 0.298 e. The fourth-order valence-corrected chi connectivity index (χ4v) is 1.82. The number of benzene rings is 1. The minimum absolute atomic E-state index is 0.114. The van der Waals surface area contributed by atoms with Crippen LogP contribution in [0.3, 0.4) is 0 Å². The van der Waals surface area contributed by atoms with E-state index in [1.807, 2.05) is 13.8 Å². The van der Waals surface area contributed by atoms with Crippen molar-refractivity contribution >= 4 is 47.2 Å². The number of carbonyl (C=O) groups is 1. The van der Waals surface area contributed by atoms with Crippen molar-refractivity contribution in [1.82, 2.24) is 0 Å². The highest BCUT2D eigenvalue weighted by molar-refractivity contribution is 6.44. The van der Waals surface area contributed by atoms with E-state index in [0.29, 0.717) is 26.2 Å². The highest BCUT2D eigenvalue weighted by Gasteiger charge is 2.10. The quantitative estimate of drug-likeness (QED) is 0.437. The number of allylic oxidation sites excluding steroid dienone is 1. The van der Waals surface area contributed by atoms with E-state index in [-0.39, 0.29) is 5.92 Å². The number of rotatable bonds is 3. The molecule has 1 nitrogen and oxygen atoms in total. The molecule has 1 aromatic rings. The summed E-state index contributed by atoms with van der Waals surface area (Å²) in [6.07, 6.45) is 2.48. The molecule has 0 spiro atoms. The van der Waals surface area contributed by atoms with Gasteiger partial charge in [-0.05, 0) is 29.7 Å². The van der Waals surface area contributed by atoms with Crippen LogP contribution in [-0.2, 0) is 4.79 Å². The molecule has 0 aromatic heterocycles. The topological polar surface area (TPSA) is 17.1 Å². The average Bonchev–Trinajstić information content (AvgIpc) is 2.23. The lowest BCUT2D eigenvalue weighted by molar-refractivity contribution is -0.105. The molecular formula is C12H11Cl3O. The molecule has 0 aliphatic carbocycles. The van der Waals surface area contributed by atoms with Crippen LogP contribution >= 0.6 is 34.8 Å². The first-order valence-electron chi connectivity index (χ1n) is 4.77. The minimum Gasteiger partial charge on any atom is -0.298 e. The van der Waals surface area contributed by atoms with Gasteiger partial charge in [0, 0.05) is 10.6 Å². The summed E-state index contributed by atoms with van der Waals surface area (Å²) < 4.78 is 0. The Hall–Kier alpha value is -0.500. The van der Waals surface area contributed by atoms with Gasteiger partial charge < -0.3 is 0 Å². The van der Waals surface area contributed by atoms with Gasteiger partial charge in [0.1, 0.15) is 6.29 Å². The van der Waals surface area contributed by atoms with Crippen LogP contribution in [0.5, 0.6) is 0 Å². The first-order chi connectivity index (χ1) is 7.47. The summed E-state index contributed by atoms with van der Waals surface area (Å²) in [5.74, 6) is 0.114. The van der Waals surface area contributed by atoms with Gasteiger partial charge in [-0.3, -0.25) is 4.79 Å². The van der Waals surface area contributed by atoms with Crippen molar-refractivity contribution in [2.24, 2.45) is 5.92 Å². The molecule has 0 bridgehead atoms. The van der Waals surface area contributed by atoms with E-state index in [2.05, 4.69) is 0 Å². The van der Waals surface area contributed by atoms with Crippen LogP contribution in [0.1, 0.15) is 19.4 Å². The first kappa shape index (κ1) is 13.6. The fraction of sp³-hybridized carbons (Fsp3) is 0.250. The number of halogens is 3. The molecule has 0 aliphatic heterocycles. The molecular weight excluding hydrogens is 266 g/mol. The molecule has 0 aliphatic rings. The first-order valence-corrected chi connectivity index (χ1v) is 5.91. The van der Waals surface area contributed by atoms with Crippen LogP contribution in [0.4, 0.5) is 0 Å². The van der Waals surface area contributed by atoms with Gasteiger partial charge in [0.15, 0.2) is 0 Å². The van der Waals surface area contributed by atoms with E-state index >= 15 is 0 Å². The molecule has 0 atom stereocenters. The Bertz CT molecular complexity index is 436. The van der Waals surface area contributed by atoms with Gasteiger partial charge in [-0.25, -0.2) is 0 Å². The maximum Gasteiger partial charge on any atom is 0.146 e. The van der Waals surface area contributed by atoms with Crippen LogP contribution in [0.15, 0.2) is 17.7 Å². The zero-order valence-electron chi connectivity index (χ0n) is 8.93. The van der Waals surface area contributed by atoms with E-state index in [0.717, 1.165) is 6.29 Å². The lowest BCUT2D eigenvalue weighted by Crippen LogP contribution is -1.95. The van der Waals surface area contributed by atoms with Gasteiger partial charge in [-0.2, -0.15) is 0 Å². The smallest absolute Gasteiger partial charge is 0.146 e. The third-order valence-electron chi connectivity index (χ3n) is 2.19. The average molecular weight is 278 g/mol. The number of aldehydes is 1. The summed E-state index contributed by atoms with van der Waals surface area (Å²) in [5, 5.41) is 1.27. The van der Waals surface area contributed by atoms with Crippen LogP contribution < -0.4 is 0 Å². The summed E-state index contributed by atoms with van der Waals surface area (Å²) >= 11 is 17.9. The molecule has 86 valence electrons. The molecule has 0 unspecified atom stereocenters. The van der Waals surface area contributed by atoms with Crippen molar-refractivity contribution in [3.8, 4) is 0 Å². The summed E-state index contributed by atoms with van der Waals surface area (Å²) in [7, 11) is 0. The normalized spacial score (nSPS) is 12.0. The molecule has 0 radical (unpaired) electrons. The number of hydrogen-bond acceptors (Lipinski definition) is 1. The highest BCUT2D eigenvalue weighted by Crippen LogP contribution is 2.33. The Balaban J connectivity index is 3.33. The van der Waals surface area contributed by atoms with Crippen molar-refractivity contribution in [2.75, 3.05) is 0 Å². The monoisotopic (exact) mass is 276 g/mol. The highest BCUT2D eigenvalue weighted by atomic mass is 35.5. The third-order valence-corrected chi connectivity index (χ3v) is 3.34. The summed E-state index contributed by atoms with van der Waals surface area (Å²) in [6, 6.07) is 3.28. The van der Waals surface area contributed by atoms with Crippen molar-refractivity contribution in [2.45, 2.75) is 13.8 Å².